The van der Waals surface area contributed by atoms with Crippen molar-refractivity contribution in [3.05, 3.63) is 61.8 Å². The van der Waals surface area contributed by atoms with E-state index in [1.165, 1.54) is 33.7 Å². The molecule has 8 bridgehead atoms. The number of nitrogens with zero attached hydrogens (tertiary/aromatic N) is 4. The molecule has 6 atom stereocenters. The van der Waals surface area contributed by atoms with Crippen molar-refractivity contribution >= 4 is 23.6 Å². The third kappa shape index (κ3) is 5.63. The summed E-state index contributed by atoms with van der Waals surface area (Å²) < 4.78 is 0. The van der Waals surface area contributed by atoms with Crippen LogP contribution in [0.25, 0.3) is 17.5 Å². The van der Waals surface area contributed by atoms with Crippen molar-refractivity contribution in [2.75, 3.05) is 0 Å². The van der Waals surface area contributed by atoms with Crippen LogP contribution in [-0.2, 0) is 32.3 Å². The Morgan fingerprint density at radius 3 is 1.80 bits per heavy atom. The van der Waals surface area contributed by atoms with Crippen LogP contribution < -0.4 is 15.7 Å². The first-order chi connectivity index (χ1) is 19.5. The molecule has 6 unspecified atom stereocenters. The predicted octanol–water partition coefficient (Wildman–Crippen LogP) is 7.36. The topological polar surface area (TPSA) is 52.9 Å². The van der Waals surface area contributed by atoms with E-state index in [0.717, 1.165) is 73.5 Å². The summed E-state index contributed by atoms with van der Waals surface area (Å²) in [5.74, 6) is 1.90. The predicted molar refractivity (Wildman–Crippen MR) is 171 cm³/mol. The van der Waals surface area contributed by atoms with Gasteiger partial charge >= 0.3 is 19.5 Å². The van der Waals surface area contributed by atoms with Gasteiger partial charge in [-0.15, -0.1) is 28.9 Å². The van der Waals surface area contributed by atoms with Gasteiger partial charge in [0.05, 0.1) is 11.4 Å². The van der Waals surface area contributed by atoms with Crippen molar-refractivity contribution in [1.82, 2.24) is 4.98 Å². The number of aromatic nitrogens is 1. The third-order valence-electron chi connectivity index (χ3n) is 10.2. The second kappa shape index (κ2) is 13.6. The van der Waals surface area contributed by atoms with E-state index in [9.17, 15) is 0 Å². The fourth-order valence-corrected chi connectivity index (χ4v) is 8.19. The zero-order valence-corrected chi connectivity index (χ0v) is 29.9. The average molecular weight is 604 g/mol. The van der Waals surface area contributed by atoms with Crippen LogP contribution in [0, 0.1) is 23.7 Å². The molecule has 0 aromatic carbocycles. The van der Waals surface area contributed by atoms with Gasteiger partial charge in [0, 0.05) is 23.2 Å². The molecule has 4 aliphatic rings. The monoisotopic (exact) mass is 602 g/mol. The summed E-state index contributed by atoms with van der Waals surface area (Å²) in [6, 6.07) is 0.380. The molecule has 4 nitrogen and oxygen atoms in total. The summed E-state index contributed by atoms with van der Waals surface area (Å²) in [5, 5.41) is 7.79. The molecule has 0 N–H and O–H groups in total. The molecule has 1 fully saturated rings. The van der Waals surface area contributed by atoms with Gasteiger partial charge in [-0.25, -0.2) is 4.99 Å². The molecular weight excluding hydrogens is 554 g/mol. The Morgan fingerprint density at radius 2 is 1.24 bits per heavy atom. The Hall–Kier alpha value is -1.84. The van der Waals surface area contributed by atoms with Crippen LogP contribution in [0.4, 0.5) is 0 Å². The van der Waals surface area contributed by atoms with Gasteiger partial charge in [0.25, 0.3) is 0 Å². The number of hydrogen-bond acceptors (Lipinski definition) is 2. The van der Waals surface area contributed by atoms with E-state index in [-0.39, 0.29) is 31.6 Å². The summed E-state index contributed by atoms with van der Waals surface area (Å²) in [6.07, 6.45) is 17.9. The SMILES string of the molecule is CCC1=C(CC)/C2=C/C3[N-]C(/C=c4\[n-]/c(c(CC)c4CC)=C\C4=NC(=C\C1=N2)/C(CC)C4CC)C(CC)C3CC.[Zn+2]. The maximum Gasteiger partial charge on any atom is 2.00 e. The fraction of sp³-hybridized carbons (Fsp3) is 0.611. The number of allylic oxidation sites excluding steroid dienone is 4. The Labute approximate surface area is 261 Å². The summed E-state index contributed by atoms with van der Waals surface area (Å²) in [6.45, 7) is 18.4. The Morgan fingerprint density at radius 1 is 0.634 bits per heavy atom. The molecule has 1 aromatic rings. The van der Waals surface area contributed by atoms with E-state index in [4.69, 9.17) is 20.3 Å². The first kappa shape index (κ1) is 32.1. The second-order valence-corrected chi connectivity index (χ2v) is 12.0. The van der Waals surface area contributed by atoms with E-state index in [1.807, 2.05) is 0 Å². The third-order valence-corrected chi connectivity index (χ3v) is 10.2. The maximum atomic E-state index is 5.50. The molecule has 0 spiro atoms. The number of hydrogen-bond donors (Lipinski definition) is 0. The van der Waals surface area contributed by atoms with Gasteiger partial charge in [0.2, 0.25) is 0 Å². The zero-order chi connectivity index (χ0) is 28.6. The van der Waals surface area contributed by atoms with Crippen LogP contribution in [0.15, 0.2) is 44.7 Å². The van der Waals surface area contributed by atoms with E-state index in [1.54, 1.807) is 0 Å². The van der Waals surface area contributed by atoms with Crippen LogP contribution in [-0.4, -0.2) is 23.5 Å². The second-order valence-electron chi connectivity index (χ2n) is 12.0. The molecule has 5 heterocycles. The van der Waals surface area contributed by atoms with E-state index in [2.05, 4.69) is 79.7 Å². The van der Waals surface area contributed by atoms with Crippen molar-refractivity contribution in [3.8, 4) is 0 Å². The van der Waals surface area contributed by atoms with Crippen molar-refractivity contribution in [2.24, 2.45) is 33.7 Å². The quantitative estimate of drug-likeness (QED) is 0.286. The maximum absolute atomic E-state index is 5.50. The van der Waals surface area contributed by atoms with Crippen LogP contribution >= 0.6 is 0 Å². The van der Waals surface area contributed by atoms with Crippen molar-refractivity contribution in [2.45, 2.75) is 119 Å². The molecule has 0 amide bonds. The van der Waals surface area contributed by atoms with E-state index in [0.29, 0.717) is 23.7 Å². The minimum absolute atomic E-state index is 0. The summed E-state index contributed by atoms with van der Waals surface area (Å²) >= 11 is 0. The van der Waals surface area contributed by atoms with Crippen LogP contribution in [0.2, 0.25) is 0 Å². The Balaban J connectivity index is 0.00000387. The van der Waals surface area contributed by atoms with Crippen molar-refractivity contribution in [3.63, 3.8) is 0 Å². The van der Waals surface area contributed by atoms with Crippen molar-refractivity contribution in [1.29, 1.82) is 0 Å². The largest absolute Gasteiger partial charge is 2.00 e. The Bertz CT molecular complexity index is 1400. The molecule has 5 heteroatoms. The molecular formula is C36H50N4Zn. The molecule has 41 heavy (non-hydrogen) atoms. The smallest absolute Gasteiger partial charge is 0.658 e. The first-order valence-corrected chi connectivity index (χ1v) is 16.4. The molecule has 216 valence electrons. The summed E-state index contributed by atoms with van der Waals surface area (Å²) in [4.78, 5) is 16.0. The molecule has 5 rings (SSSR count). The standard InChI is InChI=1S/C36H50N4.Zn/c1-9-21-22(10-2)30-18-32-25(13-5)26(14-6)34(39-32)20-36-28(16-8)27(15-7)35(40-36)19-33-24(12-4)23(11-3)31(38-33)17-29(21)37-30;/h17-22,27-30H,9-16H2,1-8H3;/q-2;+2/b31-17-,32-18-,33-19-,36-20-;. The Kier molecular flexibility index (Phi) is 10.7. The van der Waals surface area contributed by atoms with E-state index < -0.39 is 0 Å². The summed E-state index contributed by atoms with van der Waals surface area (Å²) in [5.41, 5.74) is 10.3. The normalized spacial score (nSPS) is 33.1. The molecule has 1 aromatic heterocycles. The number of aliphatic imine (C=N–C) groups is 2. The average Bonchev–Trinajstić information content (AvgIpc) is 3.67. The number of fused-ring (bicyclic) bond motifs is 6. The minimum atomic E-state index is 0. The van der Waals surface area contributed by atoms with Gasteiger partial charge in [0.15, 0.2) is 0 Å². The molecule has 1 saturated heterocycles. The van der Waals surface area contributed by atoms with Gasteiger partial charge in [-0.05, 0) is 55.7 Å². The summed E-state index contributed by atoms with van der Waals surface area (Å²) in [7, 11) is 0. The zero-order valence-electron chi connectivity index (χ0n) is 26.9. The first-order valence-electron chi connectivity index (χ1n) is 16.4. The van der Waals surface area contributed by atoms with Crippen LogP contribution in [0.3, 0.4) is 0 Å². The molecule has 0 saturated carbocycles. The van der Waals surface area contributed by atoms with Gasteiger partial charge < -0.3 is 10.3 Å². The van der Waals surface area contributed by atoms with Crippen LogP contribution in [0.1, 0.15) is 105 Å². The van der Waals surface area contributed by atoms with Crippen molar-refractivity contribution < 1.29 is 19.5 Å². The fourth-order valence-electron chi connectivity index (χ4n) is 8.19. The van der Waals surface area contributed by atoms with Gasteiger partial charge in [0.1, 0.15) is 0 Å². The van der Waals surface area contributed by atoms with Crippen LogP contribution in [0.5, 0.6) is 0 Å². The molecule has 0 aliphatic carbocycles. The van der Waals surface area contributed by atoms with Gasteiger partial charge in [-0.2, -0.15) is 0 Å². The van der Waals surface area contributed by atoms with Gasteiger partial charge in [-0.1, -0.05) is 103 Å². The minimum Gasteiger partial charge on any atom is -0.658 e. The van der Waals surface area contributed by atoms with Gasteiger partial charge in [-0.3, -0.25) is 4.99 Å². The molecule has 4 aliphatic heterocycles. The van der Waals surface area contributed by atoms with E-state index >= 15 is 0 Å². The molecule has 0 radical (unpaired) electrons. The number of rotatable bonds is 8.